The molecule has 0 saturated carbocycles. The SMILES string of the molecule is CC1CCc2[nH]c3c(C(=O)NCc4cccc(NC(=O)Cn5cccn5)c4)cccc3c2C1. The van der Waals surface area contributed by atoms with E-state index in [0.717, 1.165) is 29.3 Å². The minimum atomic E-state index is -0.156. The molecule has 0 radical (unpaired) electrons. The van der Waals surface area contributed by atoms with Crippen molar-refractivity contribution in [2.24, 2.45) is 5.92 Å². The number of hydrogen-bond donors (Lipinski definition) is 3. The maximum atomic E-state index is 13.0. The fraction of sp³-hybridized carbons (Fsp3) is 0.269. The highest BCUT2D eigenvalue weighted by Gasteiger charge is 2.22. The Bertz CT molecular complexity index is 1310. The Kier molecular flexibility index (Phi) is 5.69. The van der Waals surface area contributed by atoms with E-state index in [0.29, 0.717) is 23.7 Å². The van der Waals surface area contributed by atoms with Gasteiger partial charge in [0, 0.05) is 35.7 Å². The predicted octanol–water partition coefficient (Wildman–Crippen LogP) is 4.06. The Morgan fingerprint density at radius 3 is 2.91 bits per heavy atom. The summed E-state index contributed by atoms with van der Waals surface area (Å²) in [5.41, 5.74) is 5.81. The van der Waals surface area contributed by atoms with Gasteiger partial charge in [-0.3, -0.25) is 14.3 Å². The first-order valence-corrected chi connectivity index (χ1v) is 11.3. The van der Waals surface area contributed by atoms with Gasteiger partial charge in [0.25, 0.3) is 5.91 Å². The van der Waals surface area contributed by atoms with Gasteiger partial charge in [-0.1, -0.05) is 31.2 Å². The molecule has 2 amide bonds. The molecule has 33 heavy (non-hydrogen) atoms. The monoisotopic (exact) mass is 441 g/mol. The first-order valence-electron chi connectivity index (χ1n) is 11.3. The summed E-state index contributed by atoms with van der Waals surface area (Å²) in [4.78, 5) is 28.8. The number of nitrogens with one attached hydrogen (secondary N) is 3. The lowest BCUT2D eigenvalue weighted by Crippen LogP contribution is -2.23. The number of aryl methyl sites for hydroxylation is 1. The van der Waals surface area contributed by atoms with Crippen LogP contribution < -0.4 is 10.6 Å². The number of H-pyrrole nitrogens is 1. The van der Waals surface area contributed by atoms with Crippen molar-refractivity contribution in [1.29, 1.82) is 0 Å². The standard InChI is InChI=1S/C26H27N5O2/c1-17-9-10-23-22(13-17)20-7-3-8-21(25(20)30-23)26(33)27-15-18-5-2-6-19(14-18)29-24(32)16-31-12-4-11-28-31/h2-8,11-12,14,17,30H,9-10,13,15-16H2,1H3,(H,27,33)(H,29,32). The summed E-state index contributed by atoms with van der Waals surface area (Å²) < 4.78 is 1.57. The van der Waals surface area contributed by atoms with Crippen LogP contribution in [0.1, 0.15) is 40.5 Å². The number of hydrogen-bond acceptors (Lipinski definition) is 3. The summed E-state index contributed by atoms with van der Waals surface area (Å²) in [6.07, 6.45) is 6.65. The Balaban J connectivity index is 1.26. The van der Waals surface area contributed by atoms with Crippen molar-refractivity contribution in [3.63, 3.8) is 0 Å². The van der Waals surface area contributed by atoms with Crippen molar-refractivity contribution < 1.29 is 9.59 Å². The third-order valence-corrected chi connectivity index (χ3v) is 6.24. The molecule has 1 aliphatic rings. The van der Waals surface area contributed by atoms with Crippen LogP contribution in [0.2, 0.25) is 0 Å². The van der Waals surface area contributed by atoms with Crippen LogP contribution in [-0.2, 0) is 30.7 Å². The summed E-state index contributed by atoms with van der Waals surface area (Å²) in [6.45, 7) is 2.80. The molecule has 2 aromatic carbocycles. The van der Waals surface area contributed by atoms with Gasteiger partial charge in [-0.2, -0.15) is 5.10 Å². The molecule has 1 aliphatic carbocycles. The number of aromatic nitrogens is 3. The third-order valence-electron chi connectivity index (χ3n) is 6.24. The minimum Gasteiger partial charge on any atom is -0.358 e. The molecular weight excluding hydrogens is 414 g/mol. The summed E-state index contributed by atoms with van der Waals surface area (Å²) in [6, 6.07) is 15.2. The van der Waals surface area contributed by atoms with Gasteiger partial charge in [0.1, 0.15) is 6.54 Å². The fourth-order valence-corrected chi connectivity index (χ4v) is 4.58. The topological polar surface area (TPSA) is 91.8 Å². The molecule has 7 heteroatoms. The van der Waals surface area contributed by atoms with E-state index in [4.69, 9.17) is 0 Å². The molecule has 168 valence electrons. The van der Waals surface area contributed by atoms with Crippen molar-refractivity contribution >= 4 is 28.4 Å². The van der Waals surface area contributed by atoms with E-state index < -0.39 is 0 Å². The summed E-state index contributed by atoms with van der Waals surface area (Å²) in [7, 11) is 0. The number of nitrogens with zero attached hydrogens (tertiary/aromatic N) is 2. The van der Waals surface area contributed by atoms with Gasteiger partial charge in [0.15, 0.2) is 0 Å². The average molecular weight is 442 g/mol. The molecule has 0 saturated heterocycles. The first-order chi connectivity index (χ1) is 16.1. The number of para-hydroxylation sites is 1. The number of amides is 2. The number of carbonyl (C=O) groups is 2. The van der Waals surface area contributed by atoms with E-state index in [1.807, 2.05) is 36.4 Å². The highest BCUT2D eigenvalue weighted by molar-refractivity contribution is 6.06. The molecule has 0 fully saturated rings. The highest BCUT2D eigenvalue weighted by atomic mass is 16.2. The zero-order chi connectivity index (χ0) is 22.8. The maximum absolute atomic E-state index is 13.0. The number of anilines is 1. The smallest absolute Gasteiger partial charge is 0.253 e. The Morgan fingerprint density at radius 1 is 1.18 bits per heavy atom. The third kappa shape index (κ3) is 4.53. The van der Waals surface area contributed by atoms with Crippen LogP contribution in [0, 0.1) is 5.92 Å². The second kappa shape index (κ2) is 8.94. The number of rotatable bonds is 6. The number of carbonyl (C=O) groups excluding carboxylic acids is 2. The normalized spacial score (nSPS) is 15.2. The Morgan fingerprint density at radius 2 is 2.06 bits per heavy atom. The summed E-state index contributed by atoms with van der Waals surface area (Å²) >= 11 is 0. The molecule has 1 atom stereocenters. The Labute approximate surface area is 192 Å². The first kappa shape index (κ1) is 21.0. The minimum absolute atomic E-state index is 0.111. The second-order valence-corrected chi connectivity index (χ2v) is 8.79. The molecule has 0 aliphatic heterocycles. The summed E-state index contributed by atoms with van der Waals surface area (Å²) in [5, 5.41) is 11.1. The van der Waals surface area contributed by atoms with Gasteiger partial charge in [-0.25, -0.2) is 0 Å². The van der Waals surface area contributed by atoms with Gasteiger partial charge in [0.2, 0.25) is 5.91 Å². The molecule has 7 nitrogen and oxygen atoms in total. The number of benzene rings is 2. The predicted molar refractivity (Wildman–Crippen MR) is 128 cm³/mol. The molecule has 5 rings (SSSR count). The molecule has 3 N–H and O–H groups in total. The van der Waals surface area contributed by atoms with Gasteiger partial charge >= 0.3 is 0 Å². The molecule has 2 aromatic heterocycles. The van der Waals surface area contributed by atoms with E-state index in [-0.39, 0.29) is 18.4 Å². The molecule has 0 bridgehead atoms. The van der Waals surface area contributed by atoms with E-state index in [2.05, 4.69) is 33.7 Å². The van der Waals surface area contributed by atoms with Crippen LogP contribution in [0.25, 0.3) is 10.9 Å². The van der Waals surface area contributed by atoms with Gasteiger partial charge in [-0.15, -0.1) is 0 Å². The zero-order valence-electron chi connectivity index (χ0n) is 18.6. The quantitative estimate of drug-likeness (QED) is 0.421. The highest BCUT2D eigenvalue weighted by Crippen LogP contribution is 2.33. The van der Waals surface area contributed by atoms with Crippen LogP contribution in [0.4, 0.5) is 5.69 Å². The number of fused-ring (bicyclic) bond motifs is 3. The molecule has 4 aromatic rings. The van der Waals surface area contributed by atoms with Crippen molar-refractivity contribution in [2.75, 3.05) is 5.32 Å². The molecule has 2 heterocycles. The zero-order valence-corrected chi connectivity index (χ0v) is 18.6. The van der Waals surface area contributed by atoms with Crippen LogP contribution in [0.5, 0.6) is 0 Å². The Hall–Kier alpha value is -3.87. The fourth-order valence-electron chi connectivity index (χ4n) is 4.58. The van der Waals surface area contributed by atoms with Gasteiger partial charge < -0.3 is 15.6 Å². The van der Waals surface area contributed by atoms with Gasteiger partial charge in [0.05, 0.1) is 11.1 Å². The second-order valence-electron chi connectivity index (χ2n) is 8.79. The van der Waals surface area contributed by atoms with E-state index in [9.17, 15) is 9.59 Å². The van der Waals surface area contributed by atoms with Crippen molar-refractivity contribution in [3.8, 4) is 0 Å². The van der Waals surface area contributed by atoms with Crippen LogP contribution in [0.15, 0.2) is 60.9 Å². The van der Waals surface area contributed by atoms with Crippen LogP contribution in [0.3, 0.4) is 0 Å². The van der Waals surface area contributed by atoms with E-state index in [1.165, 1.54) is 17.7 Å². The van der Waals surface area contributed by atoms with Gasteiger partial charge in [-0.05, 0) is 60.6 Å². The average Bonchev–Trinajstić information content (AvgIpc) is 3.45. The molecular formula is C26H27N5O2. The van der Waals surface area contributed by atoms with Crippen LogP contribution in [-0.4, -0.2) is 26.6 Å². The molecule has 0 spiro atoms. The lowest BCUT2D eigenvalue weighted by molar-refractivity contribution is -0.116. The van der Waals surface area contributed by atoms with E-state index >= 15 is 0 Å². The lowest BCUT2D eigenvalue weighted by atomic mass is 9.87. The molecule has 1 unspecified atom stereocenters. The largest absolute Gasteiger partial charge is 0.358 e. The maximum Gasteiger partial charge on any atom is 0.253 e. The lowest BCUT2D eigenvalue weighted by Gasteiger charge is -2.17. The summed E-state index contributed by atoms with van der Waals surface area (Å²) in [5.74, 6) is 0.401. The van der Waals surface area contributed by atoms with E-state index in [1.54, 1.807) is 23.1 Å². The van der Waals surface area contributed by atoms with Crippen molar-refractivity contribution in [1.82, 2.24) is 20.1 Å². The van der Waals surface area contributed by atoms with Crippen molar-refractivity contribution in [2.45, 2.75) is 39.3 Å². The van der Waals surface area contributed by atoms with Crippen LogP contribution >= 0.6 is 0 Å². The van der Waals surface area contributed by atoms with Crippen molar-refractivity contribution in [3.05, 3.63) is 83.3 Å². The number of aromatic amines is 1.